The summed E-state index contributed by atoms with van der Waals surface area (Å²) in [5, 5.41) is 17.7. The first-order chi connectivity index (χ1) is 9.19. The molecule has 0 fully saturated rings. The molecule has 0 aliphatic rings. The zero-order valence-electron chi connectivity index (χ0n) is 11.8. The molecule has 0 atom stereocenters. The first-order valence-electron chi connectivity index (χ1n) is 6.95. The molecule has 108 valence electrons. The van der Waals surface area contributed by atoms with Crippen LogP contribution in [0.4, 0.5) is 0 Å². The summed E-state index contributed by atoms with van der Waals surface area (Å²) >= 11 is 1.24. The van der Waals surface area contributed by atoms with E-state index in [0.717, 1.165) is 25.2 Å². The van der Waals surface area contributed by atoms with Gasteiger partial charge in [-0.1, -0.05) is 44.4 Å². The Balaban J connectivity index is 2.47. The predicted molar refractivity (Wildman–Crippen MR) is 76.5 cm³/mol. The van der Waals surface area contributed by atoms with Gasteiger partial charge in [0.1, 0.15) is 5.82 Å². The van der Waals surface area contributed by atoms with Crippen molar-refractivity contribution in [3.8, 4) is 0 Å². The van der Waals surface area contributed by atoms with Crippen molar-refractivity contribution in [2.24, 2.45) is 0 Å². The molecular formula is C13H23N3O2S. The molecular weight excluding hydrogens is 262 g/mol. The molecule has 0 aromatic carbocycles. The fourth-order valence-electron chi connectivity index (χ4n) is 1.94. The molecule has 0 unspecified atom stereocenters. The van der Waals surface area contributed by atoms with E-state index in [1.165, 1.54) is 37.4 Å². The van der Waals surface area contributed by atoms with Crippen LogP contribution < -0.4 is 0 Å². The van der Waals surface area contributed by atoms with E-state index in [1.807, 2.05) is 11.5 Å². The van der Waals surface area contributed by atoms with Gasteiger partial charge in [-0.05, 0) is 13.3 Å². The van der Waals surface area contributed by atoms with Gasteiger partial charge >= 0.3 is 5.97 Å². The number of carboxylic acid groups (broad SMARTS) is 1. The number of hydrogen-bond acceptors (Lipinski definition) is 4. The van der Waals surface area contributed by atoms with E-state index in [4.69, 9.17) is 5.11 Å². The molecule has 0 aliphatic heterocycles. The van der Waals surface area contributed by atoms with Gasteiger partial charge in [-0.3, -0.25) is 4.79 Å². The number of hydrogen-bond donors (Lipinski definition) is 1. The molecule has 1 aromatic rings. The van der Waals surface area contributed by atoms with E-state index in [9.17, 15) is 4.79 Å². The minimum absolute atomic E-state index is 0.0363. The number of carboxylic acids is 1. The lowest BCUT2D eigenvalue weighted by Crippen LogP contribution is -2.05. The Labute approximate surface area is 118 Å². The van der Waals surface area contributed by atoms with E-state index < -0.39 is 5.97 Å². The van der Waals surface area contributed by atoms with Gasteiger partial charge in [0.2, 0.25) is 0 Å². The van der Waals surface area contributed by atoms with Crippen molar-refractivity contribution in [3.05, 3.63) is 5.82 Å². The Morgan fingerprint density at radius 2 is 1.95 bits per heavy atom. The SMILES string of the molecule is CCCCCCCc1nnc(SCC(=O)O)n1CC. The molecule has 1 heterocycles. The molecule has 0 bridgehead atoms. The Kier molecular flexibility index (Phi) is 7.55. The summed E-state index contributed by atoms with van der Waals surface area (Å²) in [7, 11) is 0. The molecule has 5 nitrogen and oxygen atoms in total. The highest BCUT2D eigenvalue weighted by Crippen LogP contribution is 2.18. The van der Waals surface area contributed by atoms with Crippen LogP contribution in [-0.2, 0) is 17.8 Å². The van der Waals surface area contributed by atoms with Crippen molar-refractivity contribution in [2.75, 3.05) is 5.75 Å². The van der Waals surface area contributed by atoms with Crippen molar-refractivity contribution < 1.29 is 9.90 Å². The van der Waals surface area contributed by atoms with E-state index in [1.54, 1.807) is 0 Å². The minimum atomic E-state index is -0.822. The molecule has 0 saturated carbocycles. The monoisotopic (exact) mass is 285 g/mol. The number of aromatic nitrogens is 3. The average molecular weight is 285 g/mol. The fraction of sp³-hybridized carbons (Fsp3) is 0.769. The summed E-state index contributed by atoms with van der Waals surface area (Å²) < 4.78 is 2.02. The molecule has 6 heteroatoms. The molecule has 0 amide bonds. The molecule has 0 spiro atoms. The summed E-state index contributed by atoms with van der Waals surface area (Å²) in [4.78, 5) is 10.6. The van der Waals surface area contributed by atoms with Gasteiger partial charge in [0.25, 0.3) is 0 Å². The van der Waals surface area contributed by atoms with Crippen LogP contribution in [0.3, 0.4) is 0 Å². The van der Waals surface area contributed by atoms with Gasteiger partial charge in [0, 0.05) is 13.0 Å². The van der Waals surface area contributed by atoms with E-state index in [0.29, 0.717) is 5.16 Å². The van der Waals surface area contributed by atoms with Crippen LogP contribution in [0.2, 0.25) is 0 Å². The molecule has 1 rings (SSSR count). The maximum atomic E-state index is 10.6. The molecule has 19 heavy (non-hydrogen) atoms. The summed E-state index contributed by atoms with van der Waals surface area (Å²) in [6.45, 7) is 5.04. The van der Waals surface area contributed by atoms with Gasteiger partial charge < -0.3 is 9.67 Å². The molecule has 1 aromatic heterocycles. The first-order valence-corrected chi connectivity index (χ1v) is 7.94. The highest BCUT2D eigenvalue weighted by Gasteiger charge is 2.12. The normalized spacial score (nSPS) is 10.8. The quantitative estimate of drug-likeness (QED) is 0.528. The van der Waals surface area contributed by atoms with Crippen molar-refractivity contribution in [1.29, 1.82) is 0 Å². The summed E-state index contributed by atoms with van der Waals surface area (Å²) in [6.07, 6.45) is 7.10. The topological polar surface area (TPSA) is 68.0 Å². The zero-order chi connectivity index (χ0) is 14.1. The van der Waals surface area contributed by atoms with E-state index in [-0.39, 0.29) is 5.75 Å². The predicted octanol–water partition coefficient (Wildman–Crippen LogP) is 2.99. The van der Waals surface area contributed by atoms with Crippen LogP contribution in [0.25, 0.3) is 0 Å². The summed E-state index contributed by atoms with van der Waals surface area (Å²) in [5.74, 6) is 0.193. The van der Waals surface area contributed by atoms with Gasteiger partial charge in [0.15, 0.2) is 5.16 Å². The van der Waals surface area contributed by atoms with Crippen LogP contribution in [-0.4, -0.2) is 31.6 Å². The lowest BCUT2D eigenvalue weighted by Gasteiger charge is -2.06. The van der Waals surface area contributed by atoms with Gasteiger partial charge in [-0.15, -0.1) is 10.2 Å². The zero-order valence-corrected chi connectivity index (χ0v) is 12.6. The largest absolute Gasteiger partial charge is 0.481 e. The minimum Gasteiger partial charge on any atom is -0.481 e. The van der Waals surface area contributed by atoms with Crippen LogP contribution in [0, 0.1) is 0 Å². The summed E-state index contributed by atoms with van der Waals surface area (Å²) in [6, 6.07) is 0. The number of unbranched alkanes of at least 4 members (excludes halogenated alkanes) is 4. The highest BCUT2D eigenvalue weighted by atomic mass is 32.2. The number of aliphatic carboxylic acids is 1. The second-order valence-corrected chi connectivity index (χ2v) is 5.43. The van der Waals surface area contributed by atoms with Gasteiger partial charge in [0.05, 0.1) is 5.75 Å². The number of nitrogens with zero attached hydrogens (tertiary/aromatic N) is 3. The fourth-order valence-corrected chi connectivity index (χ4v) is 2.68. The number of aryl methyl sites for hydroxylation is 1. The Bertz CT molecular complexity index is 393. The molecule has 0 aliphatic carbocycles. The smallest absolute Gasteiger partial charge is 0.313 e. The van der Waals surface area contributed by atoms with E-state index >= 15 is 0 Å². The molecule has 1 N–H and O–H groups in total. The maximum absolute atomic E-state index is 10.6. The molecule has 0 saturated heterocycles. The van der Waals surface area contributed by atoms with Crippen molar-refractivity contribution in [1.82, 2.24) is 14.8 Å². The third-order valence-electron chi connectivity index (χ3n) is 2.94. The lowest BCUT2D eigenvalue weighted by molar-refractivity contribution is -0.133. The second-order valence-electron chi connectivity index (χ2n) is 4.49. The van der Waals surface area contributed by atoms with Crippen LogP contribution >= 0.6 is 11.8 Å². The van der Waals surface area contributed by atoms with E-state index in [2.05, 4.69) is 17.1 Å². The number of carbonyl (C=O) groups is 1. The Morgan fingerprint density at radius 3 is 2.58 bits per heavy atom. The summed E-state index contributed by atoms with van der Waals surface area (Å²) in [5.41, 5.74) is 0. The number of rotatable bonds is 10. The van der Waals surface area contributed by atoms with Crippen molar-refractivity contribution in [3.63, 3.8) is 0 Å². The average Bonchev–Trinajstić information content (AvgIpc) is 2.78. The van der Waals surface area contributed by atoms with Gasteiger partial charge in [-0.25, -0.2) is 0 Å². The Morgan fingerprint density at radius 1 is 1.21 bits per heavy atom. The highest BCUT2D eigenvalue weighted by molar-refractivity contribution is 7.99. The van der Waals surface area contributed by atoms with Gasteiger partial charge in [-0.2, -0.15) is 0 Å². The number of thioether (sulfide) groups is 1. The lowest BCUT2D eigenvalue weighted by atomic mass is 10.1. The van der Waals surface area contributed by atoms with Crippen molar-refractivity contribution >= 4 is 17.7 Å². The maximum Gasteiger partial charge on any atom is 0.313 e. The van der Waals surface area contributed by atoms with Crippen LogP contribution in [0.1, 0.15) is 51.8 Å². The first kappa shape index (κ1) is 16.0. The molecule has 0 radical (unpaired) electrons. The van der Waals surface area contributed by atoms with Crippen LogP contribution in [0.15, 0.2) is 5.16 Å². The Hall–Kier alpha value is -1.04. The third-order valence-corrected chi connectivity index (χ3v) is 3.89. The van der Waals surface area contributed by atoms with Crippen LogP contribution in [0.5, 0.6) is 0 Å². The third kappa shape index (κ3) is 5.63. The standard InChI is InChI=1S/C13H23N3O2S/c1-3-5-6-7-8-9-11-14-15-13(16(11)4-2)19-10-12(17)18/h3-10H2,1-2H3,(H,17,18). The second kappa shape index (κ2) is 8.96. The van der Waals surface area contributed by atoms with Crippen molar-refractivity contribution in [2.45, 2.75) is 64.1 Å².